The molecule has 3 aromatic rings. The molecule has 0 aliphatic carbocycles. The largest absolute Gasteiger partial charge is 0.476 e. The number of carboxylic acid groups (broad SMARTS) is 1. The zero-order valence-electron chi connectivity index (χ0n) is 11.0. The number of hydrogen-bond acceptors (Lipinski definition) is 6. The second kappa shape index (κ2) is 5.80. The lowest BCUT2D eigenvalue weighted by Crippen LogP contribution is -1.99. The summed E-state index contributed by atoms with van der Waals surface area (Å²) in [5.74, 6) is 4.24. The van der Waals surface area contributed by atoms with Gasteiger partial charge in [-0.3, -0.25) is 0 Å². The molecule has 3 rings (SSSR count). The number of oxazole rings is 1. The highest BCUT2D eigenvalue weighted by atomic mass is 16.6. The van der Waals surface area contributed by atoms with Crippen molar-refractivity contribution in [2.75, 3.05) is 0 Å². The Morgan fingerprint density at radius 3 is 2.86 bits per heavy atom. The number of aromatic amines is 1. The van der Waals surface area contributed by atoms with Crippen molar-refractivity contribution in [2.24, 2.45) is 0 Å². The number of rotatable bonds is 3. The van der Waals surface area contributed by atoms with Crippen molar-refractivity contribution in [1.82, 2.24) is 20.4 Å². The van der Waals surface area contributed by atoms with Crippen molar-refractivity contribution >= 4 is 5.97 Å². The van der Waals surface area contributed by atoms with E-state index in [-0.39, 0.29) is 23.4 Å². The molecule has 1 aromatic carbocycles. The number of aromatic carboxylic acids is 1. The Balaban J connectivity index is 1.76. The van der Waals surface area contributed by atoms with Gasteiger partial charge in [0, 0.05) is 5.56 Å². The van der Waals surface area contributed by atoms with Crippen molar-refractivity contribution in [3.63, 3.8) is 0 Å². The van der Waals surface area contributed by atoms with E-state index >= 15 is 0 Å². The highest BCUT2D eigenvalue weighted by Crippen LogP contribution is 2.21. The maximum Gasteiger partial charge on any atom is 0.359 e. The fraction of sp³-hybridized carbons (Fsp3) is 0. The van der Waals surface area contributed by atoms with E-state index in [4.69, 9.17) is 14.3 Å². The second-order valence-electron chi connectivity index (χ2n) is 4.00. The van der Waals surface area contributed by atoms with Gasteiger partial charge in [0.25, 0.3) is 11.8 Å². The van der Waals surface area contributed by atoms with Crippen LogP contribution in [0.15, 0.2) is 40.9 Å². The van der Waals surface area contributed by atoms with Crippen molar-refractivity contribution in [3.8, 4) is 23.7 Å². The quantitative estimate of drug-likeness (QED) is 0.706. The number of nitrogens with zero attached hydrogens (tertiary/aromatic N) is 3. The lowest BCUT2D eigenvalue weighted by Gasteiger charge is -1.95. The standard InChI is InChI=1S/C14H8N4O4/c19-14(20)12-13(17-18-16-12)22-11-8-15-10(21-11)7-6-9-4-2-1-3-5-9/h1-5,8H,(H,19,20)(H,16,17,18). The predicted octanol–water partition coefficient (Wildman–Crippen LogP) is 1.68. The summed E-state index contributed by atoms with van der Waals surface area (Å²) in [6.45, 7) is 0. The van der Waals surface area contributed by atoms with Crippen LogP contribution >= 0.6 is 0 Å². The highest BCUT2D eigenvalue weighted by molar-refractivity contribution is 5.87. The van der Waals surface area contributed by atoms with Gasteiger partial charge < -0.3 is 14.3 Å². The van der Waals surface area contributed by atoms with E-state index in [1.54, 1.807) is 0 Å². The number of aromatic nitrogens is 4. The number of ether oxygens (including phenoxy) is 1. The minimum atomic E-state index is -1.25. The highest BCUT2D eigenvalue weighted by Gasteiger charge is 2.18. The summed E-state index contributed by atoms with van der Waals surface area (Å²) in [6, 6.07) is 9.32. The molecule has 0 radical (unpaired) electrons. The Bertz CT molecular complexity index is 858. The van der Waals surface area contributed by atoms with Gasteiger partial charge >= 0.3 is 11.9 Å². The van der Waals surface area contributed by atoms with Gasteiger partial charge in [0.05, 0.1) is 0 Å². The molecule has 8 heteroatoms. The van der Waals surface area contributed by atoms with E-state index in [0.29, 0.717) is 0 Å². The molecular formula is C14H8N4O4. The SMILES string of the molecule is O=C(O)c1[nH]nnc1Oc1cnc(C#Cc2ccccc2)o1. The summed E-state index contributed by atoms with van der Waals surface area (Å²) in [6.07, 6.45) is 1.27. The van der Waals surface area contributed by atoms with Gasteiger partial charge in [-0.25, -0.2) is 14.9 Å². The number of hydrogen-bond donors (Lipinski definition) is 2. The topological polar surface area (TPSA) is 114 Å². The maximum absolute atomic E-state index is 10.9. The van der Waals surface area contributed by atoms with Crippen LogP contribution in [0.2, 0.25) is 0 Å². The van der Waals surface area contributed by atoms with Gasteiger partial charge in [-0.05, 0) is 18.1 Å². The molecule has 0 spiro atoms. The zero-order valence-corrected chi connectivity index (χ0v) is 11.0. The van der Waals surface area contributed by atoms with Crippen LogP contribution < -0.4 is 4.74 Å². The average Bonchev–Trinajstić information content (AvgIpc) is 3.16. The third-order valence-electron chi connectivity index (χ3n) is 2.50. The molecular weight excluding hydrogens is 288 g/mol. The molecule has 0 saturated heterocycles. The summed E-state index contributed by atoms with van der Waals surface area (Å²) >= 11 is 0. The van der Waals surface area contributed by atoms with E-state index in [1.165, 1.54) is 6.20 Å². The van der Waals surface area contributed by atoms with E-state index in [2.05, 4.69) is 32.2 Å². The lowest BCUT2D eigenvalue weighted by molar-refractivity contribution is 0.0687. The smallest absolute Gasteiger partial charge is 0.359 e. The Hall–Kier alpha value is -3.60. The molecule has 0 fully saturated rings. The fourth-order valence-electron chi connectivity index (χ4n) is 1.54. The molecule has 2 N–H and O–H groups in total. The van der Waals surface area contributed by atoms with Crippen molar-refractivity contribution in [3.05, 3.63) is 53.7 Å². The molecule has 0 atom stereocenters. The Kier molecular flexibility index (Phi) is 3.53. The molecule has 0 aliphatic rings. The monoisotopic (exact) mass is 296 g/mol. The first-order valence-corrected chi connectivity index (χ1v) is 6.07. The molecule has 0 saturated carbocycles. The molecule has 22 heavy (non-hydrogen) atoms. The van der Waals surface area contributed by atoms with E-state index in [1.807, 2.05) is 30.3 Å². The fourth-order valence-corrected chi connectivity index (χ4v) is 1.54. The number of benzene rings is 1. The summed E-state index contributed by atoms with van der Waals surface area (Å²) in [5.41, 5.74) is 0.529. The molecule has 8 nitrogen and oxygen atoms in total. The number of H-pyrrole nitrogens is 1. The Morgan fingerprint density at radius 1 is 1.27 bits per heavy atom. The van der Waals surface area contributed by atoms with E-state index in [0.717, 1.165) is 5.56 Å². The van der Waals surface area contributed by atoms with Gasteiger partial charge in [0.15, 0.2) is 0 Å². The number of carboxylic acids is 1. The first kappa shape index (κ1) is 13.4. The maximum atomic E-state index is 10.9. The van der Waals surface area contributed by atoms with Gasteiger partial charge in [-0.1, -0.05) is 34.4 Å². The molecule has 2 aromatic heterocycles. The first-order chi connectivity index (χ1) is 10.7. The predicted molar refractivity (Wildman–Crippen MR) is 72.3 cm³/mol. The van der Waals surface area contributed by atoms with Gasteiger partial charge in [-0.15, -0.1) is 0 Å². The van der Waals surface area contributed by atoms with Crippen LogP contribution in [0.3, 0.4) is 0 Å². The molecule has 0 aliphatic heterocycles. The summed E-state index contributed by atoms with van der Waals surface area (Å²) in [5, 5.41) is 17.9. The zero-order chi connectivity index (χ0) is 15.4. The Labute approximate surface area is 123 Å². The van der Waals surface area contributed by atoms with Crippen LogP contribution in [-0.4, -0.2) is 31.5 Å². The van der Waals surface area contributed by atoms with Crippen molar-refractivity contribution < 1.29 is 19.1 Å². The van der Waals surface area contributed by atoms with Crippen LogP contribution in [0.1, 0.15) is 21.9 Å². The average molecular weight is 296 g/mol. The van der Waals surface area contributed by atoms with Crippen molar-refractivity contribution in [2.45, 2.75) is 0 Å². The lowest BCUT2D eigenvalue weighted by atomic mass is 10.2. The van der Waals surface area contributed by atoms with Gasteiger partial charge in [0.2, 0.25) is 5.69 Å². The van der Waals surface area contributed by atoms with Crippen LogP contribution in [0, 0.1) is 11.8 Å². The van der Waals surface area contributed by atoms with Crippen LogP contribution in [0.25, 0.3) is 0 Å². The van der Waals surface area contributed by atoms with E-state index in [9.17, 15) is 4.79 Å². The van der Waals surface area contributed by atoms with E-state index < -0.39 is 5.97 Å². The summed E-state index contributed by atoms with van der Waals surface area (Å²) < 4.78 is 10.4. The van der Waals surface area contributed by atoms with Gasteiger partial charge in [-0.2, -0.15) is 0 Å². The first-order valence-electron chi connectivity index (χ1n) is 6.07. The van der Waals surface area contributed by atoms with Crippen LogP contribution in [0.5, 0.6) is 11.8 Å². The summed E-state index contributed by atoms with van der Waals surface area (Å²) in [4.78, 5) is 14.8. The Morgan fingerprint density at radius 2 is 2.09 bits per heavy atom. The van der Waals surface area contributed by atoms with Crippen LogP contribution in [0.4, 0.5) is 0 Å². The van der Waals surface area contributed by atoms with Crippen LogP contribution in [-0.2, 0) is 0 Å². The van der Waals surface area contributed by atoms with Crippen molar-refractivity contribution in [1.29, 1.82) is 0 Å². The molecule has 0 unspecified atom stereocenters. The molecule has 0 amide bonds. The summed E-state index contributed by atoms with van der Waals surface area (Å²) in [7, 11) is 0. The minimum absolute atomic E-state index is 0.0336. The molecule has 2 heterocycles. The third kappa shape index (κ3) is 2.94. The third-order valence-corrected chi connectivity index (χ3v) is 2.50. The molecule has 108 valence electrons. The normalized spacial score (nSPS) is 9.82. The minimum Gasteiger partial charge on any atom is -0.476 e. The second-order valence-corrected chi connectivity index (χ2v) is 4.00. The number of carbonyl (C=O) groups is 1. The number of nitrogens with one attached hydrogen (secondary N) is 1. The van der Waals surface area contributed by atoms with Gasteiger partial charge in [0.1, 0.15) is 6.20 Å². The molecule has 0 bridgehead atoms.